The van der Waals surface area contributed by atoms with Gasteiger partial charge in [-0.25, -0.2) is 19.9 Å². The highest BCUT2D eigenvalue weighted by Gasteiger charge is 2.25. The summed E-state index contributed by atoms with van der Waals surface area (Å²) in [5, 5.41) is 0.498. The normalized spacial score (nSPS) is 16.0. The van der Waals surface area contributed by atoms with Gasteiger partial charge in [-0.15, -0.1) is 0 Å². The van der Waals surface area contributed by atoms with E-state index in [0.717, 1.165) is 49.6 Å². The molecule has 0 atom stereocenters. The lowest BCUT2D eigenvalue weighted by Crippen LogP contribution is -2.34. The van der Waals surface area contributed by atoms with E-state index in [-0.39, 0.29) is 0 Å². The van der Waals surface area contributed by atoms with E-state index in [9.17, 15) is 0 Å². The minimum atomic E-state index is 0.414. The van der Waals surface area contributed by atoms with Gasteiger partial charge in [-0.3, -0.25) is 4.40 Å². The van der Waals surface area contributed by atoms with Crippen molar-refractivity contribution in [2.45, 2.75) is 32.1 Å². The number of aromatic nitrogens is 5. The highest BCUT2D eigenvalue weighted by molar-refractivity contribution is 6.32. The topological polar surface area (TPSA) is 59.2 Å². The summed E-state index contributed by atoms with van der Waals surface area (Å²) < 4.78 is 2.06. The second-order valence-corrected chi connectivity index (χ2v) is 6.45. The van der Waals surface area contributed by atoms with Gasteiger partial charge in [0.25, 0.3) is 0 Å². The largest absolute Gasteiger partial charge is 0.341 e. The third kappa shape index (κ3) is 2.71. The van der Waals surface area contributed by atoms with Gasteiger partial charge >= 0.3 is 0 Å². The van der Waals surface area contributed by atoms with Crippen molar-refractivity contribution < 1.29 is 0 Å². The molecule has 3 aromatic heterocycles. The highest BCUT2D eigenvalue weighted by atomic mass is 35.5. The lowest BCUT2D eigenvalue weighted by atomic mass is 9.96. The van der Waals surface area contributed by atoms with Crippen molar-refractivity contribution in [1.29, 1.82) is 0 Å². The van der Waals surface area contributed by atoms with Gasteiger partial charge < -0.3 is 4.90 Å². The molecular formula is C17H19ClN6. The summed E-state index contributed by atoms with van der Waals surface area (Å²) in [6.45, 7) is 3.98. The maximum Gasteiger partial charge on any atom is 0.225 e. The molecule has 0 spiro atoms. The zero-order valence-corrected chi connectivity index (χ0v) is 14.3. The molecule has 1 fully saturated rings. The van der Waals surface area contributed by atoms with Crippen molar-refractivity contribution in [3.05, 3.63) is 47.5 Å². The van der Waals surface area contributed by atoms with Gasteiger partial charge in [0, 0.05) is 43.8 Å². The average molecular weight is 343 g/mol. The van der Waals surface area contributed by atoms with Crippen LogP contribution in [0.3, 0.4) is 0 Å². The fourth-order valence-electron chi connectivity index (χ4n) is 3.25. The van der Waals surface area contributed by atoms with Gasteiger partial charge in [0.1, 0.15) is 11.3 Å². The first-order valence-corrected chi connectivity index (χ1v) is 8.67. The van der Waals surface area contributed by atoms with Crippen LogP contribution in [0.1, 0.15) is 37.1 Å². The predicted molar refractivity (Wildman–Crippen MR) is 93.6 cm³/mol. The number of anilines is 1. The first kappa shape index (κ1) is 15.3. The van der Waals surface area contributed by atoms with Crippen LogP contribution in [0.2, 0.25) is 5.15 Å². The predicted octanol–water partition coefficient (Wildman–Crippen LogP) is 3.12. The van der Waals surface area contributed by atoms with Crippen LogP contribution in [-0.2, 0) is 6.42 Å². The van der Waals surface area contributed by atoms with Crippen LogP contribution in [0, 0.1) is 0 Å². The van der Waals surface area contributed by atoms with Crippen LogP contribution >= 0.6 is 11.6 Å². The highest BCUT2D eigenvalue weighted by Crippen LogP contribution is 2.30. The van der Waals surface area contributed by atoms with Crippen molar-refractivity contribution in [2.75, 3.05) is 18.0 Å². The third-order valence-corrected chi connectivity index (χ3v) is 4.97. The van der Waals surface area contributed by atoms with Crippen molar-refractivity contribution in [3.63, 3.8) is 0 Å². The van der Waals surface area contributed by atoms with E-state index in [1.807, 2.05) is 24.8 Å². The van der Waals surface area contributed by atoms with Crippen molar-refractivity contribution in [3.8, 4) is 0 Å². The Bertz CT molecular complexity index is 836. The van der Waals surface area contributed by atoms with Gasteiger partial charge in [0.05, 0.1) is 6.20 Å². The molecule has 7 heteroatoms. The number of aryl methyl sites for hydroxylation is 1. The minimum absolute atomic E-state index is 0.414. The Labute approximate surface area is 145 Å². The molecule has 1 aliphatic heterocycles. The molecule has 6 nitrogen and oxygen atoms in total. The van der Waals surface area contributed by atoms with Gasteiger partial charge in [0.2, 0.25) is 5.95 Å². The smallest absolute Gasteiger partial charge is 0.225 e. The van der Waals surface area contributed by atoms with E-state index in [1.165, 1.54) is 5.56 Å². The van der Waals surface area contributed by atoms with Crippen LogP contribution in [0.15, 0.2) is 31.0 Å². The fourth-order valence-corrected chi connectivity index (χ4v) is 3.45. The van der Waals surface area contributed by atoms with E-state index in [1.54, 1.807) is 6.20 Å². The van der Waals surface area contributed by atoms with E-state index in [2.05, 4.69) is 36.2 Å². The number of halogens is 1. The Hall–Kier alpha value is -2.21. The van der Waals surface area contributed by atoms with Crippen LogP contribution in [0.25, 0.3) is 5.52 Å². The molecule has 0 amide bonds. The van der Waals surface area contributed by atoms with Crippen LogP contribution < -0.4 is 4.90 Å². The van der Waals surface area contributed by atoms with Crippen molar-refractivity contribution in [2.24, 2.45) is 0 Å². The van der Waals surface area contributed by atoms with Gasteiger partial charge in [-0.1, -0.05) is 18.5 Å². The number of fused-ring (bicyclic) bond motifs is 1. The van der Waals surface area contributed by atoms with Gasteiger partial charge in [0.15, 0.2) is 5.15 Å². The zero-order chi connectivity index (χ0) is 16.5. The molecule has 0 bridgehead atoms. The third-order valence-electron chi connectivity index (χ3n) is 4.68. The summed E-state index contributed by atoms with van der Waals surface area (Å²) in [7, 11) is 0. The molecule has 4 heterocycles. The fraction of sp³-hybridized carbons (Fsp3) is 0.412. The first-order valence-electron chi connectivity index (χ1n) is 8.29. The summed E-state index contributed by atoms with van der Waals surface area (Å²) in [5.74, 6) is 2.30. The van der Waals surface area contributed by atoms with Gasteiger partial charge in [-0.05, 0) is 24.8 Å². The zero-order valence-electron chi connectivity index (χ0n) is 13.6. The molecule has 124 valence electrons. The summed E-state index contributed by atoms with van der Waals surface area (Å²) in [4.78, 5) is 19.9. The summed E-state index contributed by atoms with van der Waals surface area (Å²) >= 11 is 6.14. The summed E-state index contributed by atoms with van der Waals surface area (Å²) in [6, 6.07) is 0. The van der Waals surface area contributed by atoms with Crippen LogP contribution in [0.5, 0.6) is 0 Å². The van der Waals surface area contributed by atoms with E-state index in [4.69, 9.17) is 11.6 Å². The molecule has 1 saturated heterocycles. The molecule has 1 aliphatic rings. The Morgan fingerprint density at radius 1 is 1.08 bits per heavy atom. The standard InChI is InChI=1S/C17H19ClN6/c1-2-12-9-21-17(22-10-12)23-6-3-13(4-7-23)16-20-11-14-15(18)19-5-8-24(14)16/h5,8-11,13H,2-4,6-7H2,1H3. The van der Waals surface area contributed by atoms with E-state index in [0.29, 0.717) is 11.1 Å². The minimum Gasteiger partial charge on any atom is -0.341 e. The monoisotopic (exact) mass is 342 g/mol. The molecule has 0 aromatic carbocycles. The number of hydrogen-bond donors (Lipinski definition) is 0. The molecule has 0 radical (unpaired) electrons. The van der Waals surface area contributed by atoms with Crippen LogP contribution in [0.4, 0.5) is 5.95 Å². The van der Waals surface area contributed by atoms with E-state index < -0.39 is 0 Å². The number of piperidine rings is 1. The maximum absolute atomic E-state index is 6.14. The SMILES string of the molecule is CCc1cnc(N2CCC(c3ncc4c(Cl)nccn34)CC2)nc1. The molecule has 0 aliphatic carbocycles. The quantitative estimate of drug-likeness (QED) is 0.732. The lowest BCUT2D eigenvalue weighted by Gasteiger charge is -2.31. The first-order chi connectivity index (χ1) is 11.8. The average Bonchev–Trinajstić information content (AvgIpc) is 3.07. The molecule has 4 rings (SSSR count). The Morgan fingerprint density at radius 2 is 1.83 bits per heavy atom. The van der Waals surface area contributed by atoms with Crippen molar-refractivity contribution >= 4 is 23.1 Å². The summed E-state index contributed by atoms with van der Waals surface area (Å²) in [5.41, 5.74) is 2.04. The molecule has 3 aromatic rings. The number of hydrogen-bond acceptors (Lipinski definition) is 5. The Morgan fingerprint density at radius 3 is 2.54 bits per heavy atom. The molecule has 24 heavy (non-hydrogen) atoms. The summed E-state index contributed by atoms with van der Waals surface area (Å²) in [6.07, 6.45) is 12.3. The molecular weight excluding hydrogens is 324 g/mol. The second kappa shape index (κ2) is 6.36. The van der Waals surface area contributed by atoms with Crippen molar-refractivity contribution in [1.82, 2.24) is 24.3 Å². The number of imidazole rings is 1. The lowest BCUT2D eigenvalue weighted by molar-refractivity contribution is 0.479. The molecule has 0 N–H and O–H groups in total. The number of nitrogens with zero attached hydrogens (tertiary/aromatic N) is 6. The Kier molecular flexibility index (Phi) is 4.06. The maximum atomic E-state index is 6.14. The second-order valence-electron chi connectivity index (χ2n) is 6.10. The van der Waals surface area contributed by atoms with E-state index >= 15 is 0 Å². The molecule has 0 unspecified atom stereocenters. The Balaban J connectivity index is 1.50. The molecule has 0 saturated carbocycles. The van der Waals surface area contributed by atoms with Gasteiger partial charge in [-0.2, -0.15) is 0 Å². The van der Waals surface area contributed by atoms with Crippen LogP contribution in [-0.4, -0.2) is 37.4 Å². The number of rotatable bonds is 3.